The van der Waals surface area contributed by atoms with Gasteiger partial charge in [-0.05, 0) is 13.8 Å². The van der Waals surface area contributed by atoms with Gasteiger partial charge in [0.25, 0.3) is 0 Å². The number of ether oxygens (including phenoxy) is 1. The van der Waals surface area contributed by atoms with Crippen molar-refractivity contribution < 1.29 is 23.5 Å². The van der Waals surface area contributed by atoms with Crippen molar-refractivity contribution in [3.63, 3.8) is 0 Å². The molecule has 186 valence electrons. The van der Waals surface area contributed by atoms with Crippen LogP contribution in [-0.4, -0.2) is 92.4 Å². The van der Waals surface area contributed by atoms with E-state index in [1.807, 2.05) is 4.90 Å². The fourth-order valence-corrected chi connectivity index (χ4v) is 6.57. The summed E-state index contributed by atoms with van der Waals surface area (Å²) >= 11 is 1.70. The van der Waals surface area contributed by atoms with Crippen molar-refractivity contribution in [3.8, 4) is 0 Å². The van der Waals surface area contributed by atoms with E-state index in [4.69, 9.17) is 25.3 Å². The van der Waals surface area contributed by atoms with Crippen LogP contribution in [0.15, 0.2) is 12.7 Å². The zero-order chi connectivity index (χ0) is 23.8. The molecular formula is C19H34N7O5PS. The Morgan fingerprint density at radius 2 is 2.06 bits per heavy atom. The van der Waals surface area contributed by atoms with Gasteiger partial charge in [-0.2, -0.15) is 11.8 Å². The Balaban J connectivity index is 1.50. The summed E-state index contributed by atoms with van der Waals surface area (Å²) in [5.41, 5.74) is 12.6. The van der Waals surface area contributed by atoms with E-state index in [2.05, 4.69) is 15.0 Å². The second-order valence-electron chi connectivity index (χ2n) is 7.60. The van der Waals surface area contributed by atoms with Crippen molar-refractivity contribution >= 4 is 36.3 Å². The molecule has 0 amide bonds. The largest absolute Gasteiger partial charge is 0.388 e. The van der Waals surface area contributed by atoms with Crippen molar-refractivity contribution in [1.82, 2.24) is 24.4 Å². The van der Waals surface area contributed by atoms with Gasteiger partial charge in [0.15, 0.2) is 17.7 Å². The molecule has 3 rings (SSSR count). The zero-order valence-electron chi connectivity index (χ0n) is 19.1. The summed E-state index contributed by atoms with van der Waals surface area (Å²) in [4.78, 5) is 14.4. The van der Waals surface area contributed by atoms with Crippen molar-refractivity contribution in [2.24, 2.45) is 5.73 Å². The van der Waals surface area contributed by atoms with Crippen LogP contribution < -0.4 is 11.5 Å². The summed E-state index contributed by atoms with van der Waals surface area (Å²) in [6.07, 6.45) is 2.28. The van der Waals surface area contributed by atoms with E-state index in [0.717, 1.165) is 5.75 Å². The number of thioether (sulfide) groups is 1. The average Bonchev–Trinajstić information content (AvgIpc) is 3.35. The summed E-state index contributed by atoms with van der Waals surface area (Å²) in [6, 6.07) is 0. The Morgan fingerprint density at radius 3 is 2.76 bits per heavy atom. The third kappa shape index (κ3) is 6.86. The summed E-state index contributed by atoms with van der Waals surface area (Å²) in [7, 11) is -3.17. The van der Waals surface area contributed by atoms with Crippen LogP contribution in [-0.2, 0) is 18.3 Å². The normalized spacial score (nSPS) is 21.4. The van der Waals surface area contributed by atoms with Gasteiger partial charge in [-0.25, -0.2) is 15.0 Å². The smallest absolute Gasteiger partial charge is 0.344 e. The van der Waals surface area contributed by atoms with Crippen molar-refractivity contribution in [2.45, 2.75) is 38.7 Å². The Hall–Kier alpha value is -1.31. The highest BCUT2D eigenvalue weighted by Crippen LogP contribution is 2.48. The van der Waals surface area contributed by atoms with Gasteiger partial charge in [-0.3, -0.25) is 14.0 Å². The van der Waals surface area contributed by atoms with Crippen LogP contribution in [0.1, 0.15) is 26.5 Å². The number of aromatic nitrogens is 4. The maximum atomic E-state index is 12.8. The topological polar surface area (TPSA) is 164 Å². The molecule has 1 saturated heterocycles. The van der Waals surface area contributed by atoms with Gasteiger partial charge >= 0.3 is 7.60 Å². The fraction of sp³-hybridized carbons (Fsp3) is 0.737. The second kappa shape index (κ2) is 12.4. The molecule has 0 bridgehead atoms. The molecule has 0 radical (unpaired) electrons. The molecule has 3 heterocycles. The highest BCUT2D eigenvalue weighted by atomic mass is 32.2. The molecule has 0 aliphatic carbocycles. The first-order valence-electron chi connectivity index (χ1n) is 11.1. The molecule has 0 saturated carbocycles. The van der Waals surface area contributed by atoms with Crippen LogP contribution in [0.25, 0.3) is 11.2 Å². The van der Waals surface area contributed by atoms with E-state index in [-0.39, 0.29) is 12.4 Å². The predicted molar refractivity (Wildman–Crippen MR) is 128 cm³/mol. The van der Waals surface area contributed by atoms with Crippen LogP contribution >= 0.6 is 19.4 Å². The van der Waals surface area contributed by atoms with Gasteiger partial charge in [-0.1, -0.05) is 0 Å². The van der Waals surface area contributed by atoms with E-state index < -0.39 is 19.9 Å². The molecule has 1 aliphatic heterocycles. The number of hydrogen-bond donors (Lipinski definition) is 3. The van der Waals surface area contributed by atoms with Gasteiger partial charge < -0.3 is 30.4 Å². The molecule has 14 heteroatoms. The number of fused-ring (bicyclic) bond motifs is 1. The first-order chi connectivity index (χ1) is 15.9. The summed E-state index contributed by atoms with van der Waals surface area (Å²) in [5.74, 6) is 1.79. The van der Waals surface area contributed by atoms with Crippen LogP contribution in [0.4, 0.5) is 5.82 Å². The quantitative estimate of drug-likeness (QED) is 0.250. The first-order valence-corrected chi connectivity index (χ1v) is 13.9. The number of aliphatic hydroxyl groups excluding tert-OH is 1. The van der Waals surface area contributed by atoms with Gasteiger partial charge in [0, 0.05) is 37.6 Å². The molecule has 3 atom stereocenters. The Bertz CT molecular complexity index is 925. The van der Waals surface area contributed by atoms with Crippen LogP contribution in [0, 0.1) is 0 Å². The minimum absolute atomic E-state index is 0.118. The third-order valence-electron chi connectivity index (χ3n) is 5.15. The molecule has 1 unspecified atom stereocenters. The monoisotopic (exact) mass is 503 g/mol. The highest BCUT2D eigenvalue weighted by Gasteiger charge is 2.36. The van der Waals surface area contributed by atoms with E-state index in [0.29, 0.717) is 62.0 Å². The number of nitrogen functional groups attached to an aromatic ring is 1. The van der Waals surface area contributed by atoms with Crippen LogP contribution in [0.5, 0.6) is 0 Å². The standard InChI is InChI=1S/C19H34N7O5PS/c1-3-29-32(28,30-4-2)13-25(6-5-20)7-8-33-10-14-9-15(27)19(31-14)26-12-24-16-17(21)22-11-23-18(16)26/h11-12,14-15,19,27H,3-10,13,20H2,1-2H3,(H2,21,22,23)/t14-,15?,19+/m0/s1. The van der Waals surface area contributed by atoms with Gasteiger partial charge in [0.05, 0.1) is 25.6 Å². The molecule has 0 spiro atoms. The lowest BCUT2D eigenvalue weighted by molar-refractivity contribution is -0.0285. The molecule has 33 heavy (non-hydrogen) atoms. The van der Waals surface area contributed by atoms with Crippen LogP contribution in [0.2, 0.25) is 0 Å². The number of rotatable bonds is 14. The van der Waals surface area contributed by atoms with Gasteiger partial charge in [0.2, 0.25) is 0 Å². The van der Waals surface area contributed by atoms with Crippen molar-refractivity contribution in [2.75, 3.05) is 56.4 Å². The second-order valence-corrected chi connectivity index (χ2v) is 10.8. The summed E-state index contributed by atoms with van der Waals surface area (Å²) in [5, 5.41) is 10.6. The summed E-state index contributed by atoms with van der Waals surface area (Å²) < 4.78 is 31.4. The number of hydrogen-bond acceptors (Lipinski definition) is 12. The fourth-order valence-electron chi connectivity index (χ4n) is 3.75. The SMILES string of the molecule is CCOP(=O)(CN(CCN)CCSC[C@@H]1CC(O)[C@H](n2cnc3c(N)ncnc32)O1)OCC. The molecule has 1 fully saturated rings. The predicted octanol–water partition coefficient (Wildman–Crippen LogP) is 1.27. The average molecular weight is 504 g/mol. The Labute approximate surface area is 197 Å². The van der Waals surface area contributed by atoms with Crippen molar-refractivity contribution in [3.05, 3.63) is 12.7 Å². The zero-order valence-corrected chi connectivity index (χ0v) is 20.8. The summed E-state index contributed by atoms with van der Waals surface area (Å²) in [6.45, 7) is 6.00. The number of imidazole rings is 1. The van der Waals surface area contributed by atoms with Crippen LogP contribution in [0.3, 0.4) is 0 Å². The van der Waals surface area contributed by atoms with Gasteiger partial charge in [-0.15, -0.1) is 0 Å². The molecule has 2 aromatic heterocycles. The molecule has 1 aliphatic rings. The number of anilines is 1. The number of nitrogens with two attached hydrogens (primary N) is 2. The molecule has 0 aromatic carbocycles. The van der Waals surface area contributed by atoms with Crippen molar-refractivity contribution in [1.29, 1.82) is 0 Å². The van der Waals surface area contributed by atoms with E-state index in [9.17, 15) is 9.67 Å². The minimum atomic E-state index is -3.17. The Kier molecular flexibility index (Phi) is 9.89. The van der Waals surface area contributed by atoms with E-state index in [1.54, 1.807) is 36.5 Å². The Morgan fingerprint density at radius 1 is 1.30 bits per heavy atom. The molecule has 2 aromatic rings. The lowest BCUT2D eigenvalue weighted by atomic mass is 10.2. The minimum Gasteiger partial charge on any atom is -0.388 e. The van der Waals surface area contributed by atoms with E-state index >= 15 is 0 Å². The highest BCUT2D eigenvalue weighted by molar-refractivity contribution is 7.99. The maximum absolute atomic E-state index is 12.8. The van der Waals surface area contributed by atoms with Gasteiger partial charge in [0.1, 0.15) is 24.2 Å². The lowest BCUT2D eigenvalue weighted by Gasteiger charge is -2.26. The first kappa shape index (κ1) is 26.3. The number of aliphatic hydroxyl groups is 1. The van der Waals surface area contributed by atoms with E-state index in [1.165, 1.54) is 6.33 Å². The third-order valence-corrected chi connectivity index (χ3v) is 8.28. The maximum Gasteiger partial charge on any atom is 0.344 e. The lowest BCUT2D eigenvalue weighted by Crippen LogP contribution is -2.33. The molecule has 12 nitrogen and oxygen atoms in total. The molecular weight excluding hydrogens is 469 g/mol. The number of nitrogens with zero attached hydrogens (tertiary/aromatic N) is 5. The molecule has 5 N–H and O–H groups in total.